The minimum Gasteiger partial charge on any atom is -0.369 e. The van der Waals surface area contributed by atoms with Crippen molar-refractivity contribution in [2.24, 2.45) is 28.9 Å². The Kier molecular flexibility index (Phi) is 7.69. The molecule has 15 heteroatoms. The molecular formula is C25H27F6N3O6. The molecule has 3 amide bonds. The molecular weight excluding hydrogens is 552 g/mol. The van der Waals surface area contributed by atoms with Crippen LogP contribution in [0.3, 0.4) is 0 Å². The van der Waals surface area contributed by atoms with E-state index >= 15 is 0 Å². The molecule has 1 aromatic carbocycles. The van der Waals surface area contributed by atoms with Crippen molar-refractivity contribution in [3.8, 4) is 0 Å². The van der Waals surface area contributed by atoms with Crippen molar-refractivity contribution in [2.75, 3.05) is 19.7 Å². The molecule has 2 aliphatic heterocycles. The summed E-state index contributed by atoms with van der Waals surface area (Å²) in [7, 11) is 0. The lowest BCUT2D eigenvalue weighted by atomic mass is 9.83. The van der Waals surface area contributed by atoms with E-state index in [2.05, 4.69) is 10.1 Å². The van der Waals surface area contributed by atoms with Crippen LogP contribution in [0.25, 0.3) is 0 Å². The van der Waals surface area contributed by atoms with E-state index in [1.54, 1.807) is 0 Å². The Morgan fingerprint density at radius 3 is 2.30 bits per heavy atom. The average molecular weight is 579 g/mol. The first-order valence-electron chi connectivity index (χ1n) is 12.5. The highest BCUT2D eigenvalue weighted by Crippen LogP contribution is 2.64. The number of carbonyl (C=O) groups is 4. The van der Waals surface area contributed by atoms with Crippen LogP contribution in [-0.4, -0.2) is 71.8 Å². The van der Waals surface area contributed by atoms with Crippen molar-refractivity contribution in [2.45, 2.75) is 49.9 Å². The van der Waals surface area contributed by atoms with Gasteiger partial charge in [0.15, 0.2) is 5.78 Å². The molecule has 0 aromatic heterocycles. The fourth-order valence-corrected chi connectivity index (χ4v) is 6.09. The number of nitrogens with one attached hydrogen (secondary N) is 1. The SMILES string of the molecule is NC(=O)C1CC2(CC2[C@H](C[C@H]2CCNC2=O)C(=O)COC(F)(F)F)CN1C(=O)C(O)(c1ccccc1)C(F)(F)F. The van der Waals surface area contributed by atoms with Gasteiger partial charge in [-0.1, -0.05) is 30.3 Å². The maximum atomic E-state index is 14.2. The summed E-state index contributed by atoms with van der Waals surface area (Å²) < 4.78 is 84.2. The fourth-order valence-electron chi connectivity index (χ4n) is 6.09. The fraction of sp³-hybridized carbons (Fsp3) is 0.600. The number of ether oxygens (including phenoxy) is 1. The van der Waals surface area contributed by atoms with Gasteiger partial charge in [0.05, 0.1) is 0 Å². The summed E-state index contributed by atoms with van der Waals surface area (Å²) in [6, 6.07) is 3.97. The molecule has 40 heavy (non-hydrogen) atoms. The molecule has 1 spiro atoms. The van der Waals surface area contributed by atoms with Crippen molar-refractivity contribution >= 4 is 23.5 Å². The van der Waals surface area contributed by atoms with E-state index in [1.807, 2.05) is 0 Å². The third kappa shape index (κ3) is 5.53. The molecule has 1 aromatic rings. The van der Waals surface area contributed by atoms with Gasteiger partial charge in [-0.3, -0.25) is 23.9 Å². The number of amides is 3. The molecule has 1 aliphatic carbocycles. The van der Waals surface area contributed by atoms with Crippen LogP contribution in [0.5, 0.6) is 0 Å². The summed E-state index contributed by atoms with van der Waals surface area (Å²) in [6.07, 6.45) is -10.6. The number of ketones is 1. The summed E-state index contributed by atoms with van der Waals surface area (Å²) in [5.41, 5.74) is -0.502. The zero-order valence-electron chi connectivity index (χ0n) is 20.9. The zero-order chi connectivity index (χ0) is 29.7. The van der Waals surface area contributed by atoms with E-state index < -0.39 is 83.7 Å². The Bertz CT molecular complexity index is 1180. The average Bonchev–Trinajstić information content (AvgIpc) is 3.17. The number of Topliss-reactive ketones (excluding diaryl/α,β-unsaturated/α-hetero) is 1. The van der Waals surface area contributed by atoms with Gasteiger partial charge in [-0.05, 0) is 37.0 Å². The van der Waals surface area contributed by atoms with Gasteiger partial charge < -0.3 is 21.1 Å². The number of rotatable bonds is 9. The molecule has 1 saturated carbocycles. The predicted octanol–water partition coefficient (Wildman–Crippen LogP) is 1.78. The van der Waals surface area contributed by atoms with Gasteiger partial charge in [0, 0.05) is 30.5 Å². The summed E-state index contributed by atoms with van der Waals surface area (Å²) in [6.45, 7) is -1.53. The number of nitrogens with two attached hydrogens (primary N) is 1. The number of aliphatic hydroxyl groups is 1. The number of hydrogen-bond donors (Lipinski definition) is 3. The van der Waals surface area contributed by atoms with Crippen molar-refractivity contribution in [3.63, 3.8) is 0 Å². The monoisotopic (exact) mass is 579 g/mol. The minimum absolute atomic E-state index is 0.0765. The Balaban J connectivity index is 1.63. The number of hydrogen-bond acceptors (Lipinski definition) is 6. The normalized spacial score (nSPS) is 28.7. The van der Waals surface area contributed by atoms with Crippen LogP contribution in [0.1, 0.15) is 31.2 Å². The Morgan fingerprint density at radius 1 is 1.12 bits per heavy atom. The molecule has 9 nitrogen and oxygen atoms in total. The highest BCUT2D eigenvalue weighted by Gasteiger charge is 2.69. The van der Waals surface area contributed by atoms with E-state index in [0.29, 0.717) is 17.9 Å². The highest BCUT2D eigenvalue weighted by atomic mass is 19.4. The minimum atomic E-state index is -5.49. The van der Waals surface area contributed by atoms with E-state index in [1.165, 1.54) is 18.2 Å². The van der Waals surface area contributed by atoms with Crippen LogP contribution in [0, 0.1) is 23.2 Å². The zero-order valence-corrected chi connectivity index (χ0v) is 20.9. The number of benzene rings is 1. The standard InChI is InChI=1S/C25H27F6N3O6/c26-24(27,28)23(39,14-4-2-1-3-5-14)21(38)34-12-22(10-17(34)19(32)36)9-16(22)15(8-13-6-7-33-20(13)37)18(35)11-40-25(29,30)31/h1-5,13,15-17,39H,6-12H2,(H2,32,36)(H,33,37)/t13-,15+,16?,17?,22?,23?/m1/s1. The first-order chi connectivity index (χ1) is 18.5. The van der Waals surface area contributed by atoms with Crippen LogP contribution in [-0.2, 0) is 29.5 Å². The number of likely N-dealkylation sites (tertiary alicyclic amines) is 1. The topological polar surface area (TPSA) is 139 Å². The summed E-state index contributed by atoms with van der Waals surface area (Å²) in [5, 5.41) is 13.3. The smallest absolute Gasteiger partial charge is 0.369 e. The van der Waals surface area contributed by atoms with Crippen molar-refractivity contribution < 1.29 is 55.4 Å². The second-order valence-electron chi connectivity index (χ2n) is 10.6. The molecule has 2 saturated heterocycles. The quantitative estimate of drug-likeness (QED) is 0.382. The molecule has 3 aliphatic rings. The van der Waals surface area contributed by atoms with Crippen molar-refractivity contribution in [1.29, 1.82) is 0 Å². The van der Waals surface area contributed by atoms with Gasteiger partial charge in [0.1, 0.15) is 12.6 Å². The maximum Gasteiger partial charge on any atom is 0.522 e. The van der Waals surface area contributed by atoms with Crippen LogP contribution in [0.2, 0.25) is 0 Å². The Hall–Kier alpha value is -3.20. The largest absolute Gasteiger partial charge is 0.522 e. The first-order valence-corrected chi connectivity index (χ1v) is 12.5. The number of alkyl halides is 6. The third-order valence-corrected chi connectivity index (χ3v) is 8.19. The van der Waals surface area contributed by atoms with E-state index in [4.69, 9.17) is 5.73 Å². The lowest BCUT2D eigenvalue weighted by molar-refractivity contribution is -0.321. The van der Waals surface area contributed by atoms with E-state index in [0.717, 1.165) is 12.1 Å². The molecule has 4 rings (SSSR count). The summed E-state index contributed by atoms with van der Waals surface area (Å²) in [4.78, 5) is 51.2. The third-order valence-electron chi connectivity index (χ3n) is 8.19. The maximum absolute atomic E-state index is 14.2. The van der Waals surface area contributed by atoms with E-state index in [-0.39, 0.29) is 25.2 Å². The van der Waals surface area contributed by atoms with Gasteiger partial charge >= 0.3 is 12.5 Å². The second-order valence-corrected chi connectivity index (χ2v) is 10.6. The molecule has 4 unspecified atom stereocenters. The lowest BCUT2D eigenvalue weighted by Gasteiger charge is -2.35. The Morgan fingerprint density at radius 2 is 1.77 bits per heavy atom. The molecule has 0 radical (unpaired) electrons. The Labute approximate surface area is 224 Å². The molecule has 3 fully saturated rings. The molecule has 4 N–H and O–H groups in total. The van der Waals surface area contributed by atoms with Crippen LogP contribution < -0.4 is 11.1 Å². The number of primary amides is 1. The number of halogens is 6. The van der Waals surface area contributed by atoms with Gasteiger partial charge in [-0.15, -0.1) is 13.2 Å². The number of carbonyl (C=O) groups excluding carboxylic acids is 4. The van der Waals surface area contributed by atoms with E-state index in [9.17, 15) is 50.6 Å². The van der Waals surface area contributed by atoms with Crippen molar-refractivity contribution in [1.82, 2.24) is 10.2 Å². The van der Waals surface area contributed by atoms with Crippen molar-refractivity contribution in [3.05, 3.63) is 35.9 Å². The van der Waals surface area contributed by atoms with Gasteiger partial charge in [-0.2, -0.15) is 13.2 Å². The van der Waals surface area contributed by atoms with Gasteiger partial charge in [0.2, 0.25) is 11.8 Å². The van der Waals surface area contributed by atoms with Crippen LogP contribution >= 0.6 is 0 Å². The highest BCUT2D eigenvalue weighted by molar-refractivity contribution is 5.93. The molecule has 2 heterocycles. The first kappa shape index (κ1) is 29.8. The van der Waals surface area contributed by atoms with Crippen LogP contribution in [0.15, 0.2) is 30.3 Å². The predicted molar refractivity (Wildman–Crippen MR) is 122 cm³/mol. The summed E-state index contributed by atoms with van der Waals surface area (Å²) in [5.74, 6) is -6.94. The van der Waals surface area contributed by atoms with Gasteiger partial charge in [0.25, 0.3) is 11.5 Å². The van der Waals surface area contributed by atoms with Crippen LogP contribution in [0.4, 0.5) is 26.3 Å². The summed E-state index contributed by atoms with van der Waals surface area (Å²) >= 11 is 0. The number of nitrogens with zero attached hydrogens (tertiary/aromatic N) is 1. The molecule has 6 atom stereocenters. The molecule has 0 bridgehead atoms. The lowest BCUT2D eigenvalue weighted by Crippen LogP contribution is -2.58. The second kappa shape index (κ2) is 10.3. The van der Waals surface area contributed by atoms with Gasteiger partial charge in [-0.25, -0.2) is 0 Å². The molecule has 220 valence electrons.